The van der Waals surface area contributed by atoms with Crippen LogP contribution in [0.25, 0.3) is 0 Å². The number of hydrogen-bond acceptors (Lipinski definition) is 3. The average molecular weight is 290 g/mol. The van der Waals surface area contributed by atoms with Gasteiger partial charge in [-0.25, -0.2) is 0 Å². The van der Waals surface area contributed by atoms with Gasteiger partial charge in [-0.2, -0.15) is 0 Å². The predicted octanol–water partition coefficient (Wildman–Crippen LogP) is 2.42. The van der Waals surface area contributed by atoms with Gasteiger partial charge in [-0.15, -0.1) is 0 Å². The average Bonchev–Trinajstić information content (AvgIpc) is 3.00. The van der Waals surface area contributed by atoms with Crippen molar-refractivity contribution in [1.82, 2.24) is 5.32 Å². The molecule has 0 bridgehead atoms. The second-order valence-electron chi connectivity index (χ2n) is 6.46. The molecule has 116 valence electrons. The van der Waals surface area contributed by atoms with E-state index in [1.165, 1.54) is 12.8 Å². The third-order valence-electron chi connectivity index (χ3n) is 4.49. The zero-order valence-corrected chi connectivity index (χ0v) is 13.2. The zero-order valence-electron chi connectivity index (χ0n) is 13.2. The summed E-state index contributed by atoms with van der Waals surface area (Å²) in [7, 11) is 3.93. The number of carbonyl (C=O) groups is 1. The van der Waals surface area contributed by atoms with Crippen molar-refractivity contribution < 1.29 is 9.90 Å². The third-order valence-corrected chi connectivity index (χ3v) is 4.49. The fourth-order valence-electron chi connectivity index (χ4n) is 2.96. The summed E-state index contributed by atoms with van der Waals surface area (Å²) in [6.45, 7) is 2.14. The van der Waals surface area contributed by atoms with Crippen LogP contribution in [0.1, 0.15) is 43.0 Å². The molecule has 4 nitrogen and oxygen atoms in total. The van der Waals surface area contributed by atoms with Gasteiger partial charge in [0.15, 0.2) is 0 Å². The molecule has 0 aromatic heterocycles. The van der Waals surface area contributed by atoms with Gasteiger partial charge < -0.3 is 15.3 Å². The standard InChI is InChI=1S/C17H26N2O2/c1-17(21,14-6-4-5-7-14)12-18-16(20)13-8-10-15(11-9-13)19(2)3/h8-11,14,21H,4-7,12H2,1-3H3,(H,18,20)/t17-/m0/s1. The van der Waals surface area contributed by atoms with Crippen molar-refractivity contribution >= 4 is 11.6 Å². The van der Waals surface area contributed by atoms with Crippen LogP contribution >= 0.6 is 0 Å². The summed E-state index contributed by atoms with van der Waals surface area (Å²) in [5.41, 5.74) is 0.878. The van der Waals surface area contributed by atoms with Crippen LogP contribution in [-0.4, -0.2) is 37.3 Å². The first kappa shape index (κ1) is 15.8. The maximum atomic E-state index is 12.2. The Labute approximate surface area is 127 Å². The van der Waals surface area contributed by atoms with Gasteiger partial charge in [0.25, 0.3) is 5.91 Å². The molecule has 1 saturated carbocycles. The number of carbonyl (C=O) groups excluding carboxylic acids is 1. The van der Waals surface area contributed by atoms with Crippen molar-refractivity contribution in [2.75, 3.05) is 25.5 Å². The first-order valence-corrected chi connectivity index (χ1v) is 7.68. The van der Waals surface area contributed by atoms with E-state index in [0.29, 0.717) is 18.0 Å². The lowest BCUT2D eigenvalue weighted by atomic mass is 9.87. The van der Waals surface area contributed by atoms with E-state index in [-0.39, 0.29) is 5.91 Å². The molecular formula is C17H26N2O2. The van der Waals surface area contributed by atoms with Crippen LogP contribution < -0.4 is 10.2 Å². The molecule has 1 aliphatic rings. The minimum absolute atomic E-state index is 0.126. The molecule has 2 N–H and O–H groups in total. The van der Waals surface area contributed by atoms with Gasteiger partial charge in [-0.1, -0.05) is 12.8 Å². The Morgan fingerprint density at radius 2 is 1.86 bits per heavy atom. The van der Waals surface area contributed by atoms with Crippen LogP contribution in [-0.2, 0) is 0 Å². The van der Waals surface area contributed by atoms with Gasteiger partial charge in [0.05, 0.1) is 5.60 Å². The summed E-state index contributed by atoms with van der Waals surface area (Å²) in [5.74, 6) is 0.174. The summed E-state index contributed by atoms with van der Waals surface area (Å²) in [6, 6.07) is 7.47. The molecule has 0 spiro atoms. The van der Waals surface area contributed by atoms with E-state index in [4.69, 9.17) is 0 Å². The number of benzene rings is 1. The van der Waals surface area contributed by atoms with Crippen LogP contribution in [0, 0.1) is 5.92 Å². The van der Waals surface area contributed by atoms with E-state index in [9.17, 15) is 9.90 Å². The molecule has 0 heterocycles. The SMILES string of the molecule is CN(C)c1ccc(C(=O)NC[C@](C)(O)C2CCCC2)cc1. The summed E-state index contributed by atoms with van der Waals surface area (Å²) in [4.78, 5) is 14.1. The summed E-state index contributed by atoms with van der Waals surface area (Å²) in [6.07, 6.45) is 4.47. The first-order valence-electron chi connectivity index (χ1n) is 7.68. The van der Waals surface area contributed by atoms with E-state index in [1.54, 1.807) is 0 Å². The minimum atomic E-state index is -0.810. The Morgan fingerprint density at radius 1 is 1.29 bits per heavy atom. The highest BCUT2D eigenvalue weighted by molar-refractivity contribution is 5.94. The van der Waals surface area contributed by atoms with Crippen LogP contribution in [0.15, 0.2) is 24.3 Å². The van der Waals surface area contributed by atoms with E-state index in [0.717, 1.165) is 18.5 Å². The van der Waals surface area contributed by atoms with Gasteiger partial charge in [0.2, 0.25) is 0 Å². The van der Waals surface area contributed by atoms with Crippen molar-refractivity contribution in [2.24, 2.45) is 5.92 Å². The van der Waals surface area contributed by atoms with Crippen LogP contribution in [0.2, 0.25) is 0 Å². The normalized spacial score (nSPS) is 18.3. The fraction of sp³-hybridized carbons (Fsp3) is 0.588. The molecule has 1 aliphatic carbocycles. The van der Waals surface area contributed by atoms with Gasteiger partial charge in [0, 0.05) is 31.9 Å². The molecule has 0 radical (unpaired) electrons. The molecule has 1 aromatic carbocycles. The Kier molecular flexibility index (Phi) is 4.88. The quantitative estimate of drug-likeness (QED) is 0.875. The smallest absolute Gasteiger partial charge is 0.251 e. The monoisotopic (exact) mass is 290 g/mol. The number of amides is 1. The lowest BCUT2D eigenvalue weighted by Gasteiger charge is -2.30. The largest absolute Gasteiger partial charge is 0.388 e. The van der Waals surface area contributed by atoms with E-state index >= 15 is 0 Å². The maximum Gasteiger partial charge on any atom is 0.251 e. The number of hydrogen-bond donors (Lipinski definition) is 2. The number of aliphatic hydroxyl groups is 1. The maximum absolute atomic E-state index is 12.2. The molecule has 1 aromatic rings. The second-order valence-corrected chi connectivity index (χ2v) is 6.46. The fourth-order valence-corrected chi connectivity index (χ4v) is 2.96. The molecule has 1 atom stereocenters. The van der Waals surface area contributed by atoms with Crippen molar-refractivity contribution in [3.8, 4) is 0 Å². The van der Waals surface area contributed by atoms with E-state index in [1.807, 2.05) is 50.2 Å². The van der Waals surface area contributed by atoms with Gasteiger partial charge in [-0.3, -0.25) is 4.79 Å². The van der Waals surface area contributed by atoms with E-state index in [2.05, 4.69) is 5.32 Å². The Morgan fingerprint density at radius 3 is 2.38 bits per heavy atom. The molecule has 1 amide bonds. The lowest BCUT2D eigenvalue weighted by molar-refractivity contribution is 0.00285. The topological polar surface area (TPSA) is 52.6 Å². The van der Waals surface area contributed by atoms with Crippen LogP contribution in [0.4, 0.5) is 5.69 Å². The van der Waals surface area contributed by atoms with Gasteiger partial charge in [-0.05, 0) is 49.9 Å². The van der Waals surface area contributed by atoms with Crippen LogP contribution in [0.5, 0.6) is 0 Å². The number of anilines is 1. The van der Waals surface area contributed by atoms with Crippen molar-refractivity contribution in [3.05, 3.63) is 29.8 Å². The summed E-state index contributed by atoms with van der Waals surface area (Å²) in [5, 5.41) is 13.4. The van der Waals surface area contributed by atoms with E-state index < -0.39 is 5.60 Å². The lowest BCUT2D eigenvalue weighted by Crippen LogP contribution is -2.45. The Balaban J connectivity index is 1.91. The number of rotatable bonds is 5. The molecule has 0 saturated heterocycles. The highest BCUT2D eigenvalue weighted by Gasteiger charge is 2.34. The van der Waals surface area contributed by atoms with Crippen molar-refractivity contribution in [3.63, 3.8) is 0 Å². The molecule has 1 fully saturated rings. The summed E-state index contributed by atoms with van der Waals surface area (Å²) < 4.78 is 0. The van der Waals surface area contributed by atoms with Crippen molar-refractivity contribution in [2.45, 2.75) is 38.2 Å². The molecule has 4 heteroatoms. The third kappa shape index (κ3) is 3.97. The number of nitrogens with zero attached hydrogens (tertiary/aromatic N) is 1. The number of nitrogens with one attached hydrogen (secondary N) is 1. The second kappa shape index (κ2) is 6.48. The van der Waals surface area contributed by atoms with Gasteiger partial charge >= 0.3 is 0 Å². The molecule has 0 aliphatic heterocycles. The molecule has 2 rings (SSSR count). The molecule has 0 unspecified atom stereocenters. The molecular weight excluding hydrogens is 264 g/mol. The molecule has 21 heavy (non-hydrogen) atoms. The highest BCUT2D eigenvalue weighted by atomic mass is 16.3. The Hall–Kier alpha value is -1.55. The van der Waals surface area contributed by atoms with Gasteiger partial charge in [0.1, 0.15) is 0 Å². The first-order chi connectivity index (χ1) is 9.90. The summed E-state index contributed by atoms with van der Waals surface area (Å²) >= 11 is 0. The van der Waals surface area contributed by atoms with Crippen LogP contribution in [0.3, 0.4) is 0 Å². The zero-order chi connectivity index (χ0) is 15.5. The minimum Gasteiger partial charge on any atom is -0.388 e. The van der Waals surface area contributed by atoms with Crippen molar-refractivity contribution in [1.29, 1.82) is 0 Å². The Bertz CT molecular complexity index is 474. The predicted molar refractivity (Wildman–Crippen MR) is 85.7 cm³/mol. The highest BCUT2D eigenvalue weighted by Crippen LogP contribution is 2.33.